The summed E-state index contributed by atoms with van der Waals surface area (Å²) in [5, 5.41) is 5.85. The van der Waals surface area contributed by atoms with E-state index in [4.69, 9.17) is 0 Å². The van der Waals surface area contributed by atoms with Crippen LogP contribution in [0.1, 0.15) is 49.4 Å². The average Bonchev–Trinajstić information content (AvgIpc) is 3.34. The molecule has 2 atom stereocenters. The SMILES string of the molecule is CCNC(=O)[C@@H]1C[C@@H](NC(=O)C2CCCC2)CN1C(=O)c1cc[nH]c1. The molecule has 1 saturated carbocycles. The third kappa shape index (κ3) is 3.86. The molecule has 7 nitrogen and oxygen atoms in total. The van der Waals surface area contributed by atoms with Gasteiger partial charge in [-0.2, -0.15) is 0 Å². The zero-order valence-corrected chi connectivity index (χ0v) is 14.6. The Balaban J connectivity index is 1.69. The van der Waals surface area contributed by atoms with Gasteiger partial charge in [-0.3, -0.25) is 14.4 Å². The molecular weight excluding hydrogens is 320 g/mol. The minimum Gasteiger partial charge on any atom is -0.367 e. The molecule has 7 heteroatoms. The number of hydrogen-bond donors (Lipinski definition) is 3. The van der Waals surface area contributed by atoms with Crippen LogP contribution in [0.15, 0.2) is 18.5 Å². The lowest BCUT2D eigenvalue weighted by molar-refractivity contribution is -0.126. The third-order valence-corrected chi connectivity index (χ3v) is 5.13. The van der Waals surface area contributed by atoms with Crippen LogP contribution in [0, 0.1) is 5.92 Å². The van der Waals surface area contributed by atoms with Crippen LogP contribution in [-0.2, 0) is 9.59 Å². The van der Waals surface area contributed by atoms with Gasteiger partial charge < -0.3 is 20.5 Å². The molecule has 3 N–H and O–H groups in total. The van der Waals surface area contributed by atoms with Crippen LogP contribution in [0.3, 0.4) is 0 Å². The number of nitrogens with zero attached hydrogens (tertiary/aromatic N) is 1. The van der Waals surface area contributed by atoms with Crippen LogP contribution in [0.25, 0.3) is 0 Å². The van der Waals surface area contributed by atoms with Gasteiger partial charge in [-0.05, 0) is 32.3 Å². The van der Waals surface area contributed by atoms with E-state index in [1.54, 1.807) is 23.4 Å². The van der Waals surface area contributed by atoms with Crippen LogP contribution >= 0.6 is 0 Å². The summed E-state index contributed by atoms with van der Waals surface area (Å²) in [6.07, 6.45) is 7.84. The maximum Gasteiger partial charge on any atom is 0.256 e. The smallest absolute Gasteiger partial charge is 0.256 e. The summed E-state index contributed by atoms with van der Waals surface area (Å²) in [5.41, 5.74) is 0.525. The number of likely N-dealkylation sites (N-methyl/N-ethyl adjacent to an activating group) is 1. The summed E-state index contributed by atoms with van der Waals surface area (Å²) in [6.45, 7) is 2.73. The number of nitrogens with one attached hydrogen (secondary N) is 3. The Kier molecular flexibility index (Phi) is 5.40. The molecule has 3 amide bonds. The number of aromatic amines is 1. The average molecular weight is 346 g/mol. The summed E-state index contributed by atoms with van der Waals surface area (Å²) in [5.74, 6) is -0.204. The third-order valence-electron chi connectivity index (χ3n) is 5.13. The topological polar surface area (TPSA) is 94.3 Å². The van der Waals surface area contributed by atoms with Gasteiger partial charge in [0.15, 0.2) is 0 Å². The van der Waals surface area contributed by atoms with Crippen LogP contribution < -0.4 is 10.6 Å². The van der Waals surface area contributed by atoms with E-state index in [1.807, 2.05) is 6.92 Å². The molecule has 0 unspecified atom stereocenters. The molecular formula is C18H26N4O3. The lowest BCUT2D eigenvalue weighted by Gasteiger charge is -2.23. The fourth-order valence-electron chi connectivity index (χ4n) is 3.84. The lowest BCUT2D eigenvalue weighted by atomic mass is 10.1. The first-order valence-corrected chi connectivity index (χ1v) is 9.12. The van der Waals surface area contributed by atoms with E-state index in [2.05, 4.69) is 15.6 Å². The van der Waals surface area contributed by atoms with Gasteiger partial charge in [0.1, 0.15) is 6.04 Å². The molecule has 136 valence electrons. The number of aromatic nitrogens is 1. The number of H-pyrrole nitrogens is 1. The Morgan fingerprint density at radius 3 is 2.64 bits per heavy atom. The Hall–Kier alpha value is -2.31. The second kappa shape index (κ2) is 7.72. The first-order valence-electron chi connectivity index (χ1n) is 9.12. The molecule has 25 heavy (non-hydrogen) atoms. The van der Waals surface area contributed by atoms with E-state index in [0.29, 0.717) is 25.1 Å². The van der Waals surface area contributed by atoms with E-state index >= 15 is 0 Å². The van der Waals surface area contributed by atoms with Crippen molar-refractivity contribution in [1.29, 1.82) is 0 Å². The van der Waals surface area contributed by atoms with Gasteiger partial charge in [0.25, 0.3) is 5.91 Å². The second-order valence-electron chi connectivity index (χ2n) is 6.89. The van der Waals surface area contributed by atoms with Crippen LogP contribution in [0.2, 0.25) is 0 Å². The van der Waals surface area contributed by atoms with E-state index in [1.165, 1.54) is 0 Å². The van der Waals surface area contributed by atoms with E-state index in [0.717, 1.165) is 25.7 Å². The molecule has 0 radical (unpaired) electrons. The predicted molar refractivity (Wildman–Crippen MR) is 92.8 cm³/mol. The van der Waals surface area contributed by atoms with Gasteiger partial charge in [-0.15, -0.1) is 0 Å². The van der Waals surface area contributed by atoms with Gasteiger partial charge in [-0.1, -0.05) is 12.8 Å². The molecule has 0 bridgehead atoms. The largest absolute Gasteiger partial charge is 0.367 e. The highest BCUT2D eigenvalue weighted by atomic mass is 16.2. The van der Waals surface area contributed by atoms with Crippen LogP contribution in [0.5, 0.6) is 0 Å². The van der Waals surface area contributed by atoms with Crippen molar-refractivity contribution in [2.24, 2.45) is 5.92 Å². The van der Waals surface area contributed by atoms with Crippen molar-refractivity contribution < 1.29 is 14.4 Å². The standard InChI is InChI=1S/C18H26N4O3/c1-2-20-17(24)15-9-14(21-16(23)12-5-3-4-6-12)11-22(15)18(25)13-7-8-19-10-13/h7-8,10,12,14-15,19H,2-6,9,11H2,1H3,(H,20,24)(H,21,23)/t14-,15+/m1/s1. The van der Waals surface area contributed by atoms with Crippen molar-refractivity contribution in [3.8, 4) is 0 Å². The number of rotatable bonds is 5. The molecule has 0 aromatic carbocycles. The van der Waals surface area contributed by atoms with Crippen LogP contribution in [0.4, 0.5) is 0 Å². The fourth-order valence-corrected chi connectivity index (χ4v) is 3.84. The zero-order valence-electron chi connectivity index (χ0n) is 14.6. The summed E-state index contributed by atoms with van der Waals surface area (Å²) in [6, 6.07) is 0.974. The number of carbonyl (C=O) groups excluding carboxylic acids is 3. The van der Waals surface area contributed by atoms with Gasteiger partial charge in [0.2, 0.25) is 11.8 Å². The second-order valence-corrected chi connectivity index (χ2v) is 6.89. The molecule has 1 saturated heterocycles. The number of likely N-dealkylation sites (tertiary alicyclic amines) is 1. The van der Waals surface area contributed by atoms with Crippen molar-refractivity contribution in [3.05, 3.63) is 24.0 Å². The molecule has 0 spiro atoms. The molecule has 1 aliphatic carbocycles. The van der Waals surface area contributed by atoms with Crippen molar-refractivity contribution in [3.63, 3.8) is 0 Å². The van der Waals surface area contributed by atoms with E-state index in [-0.39, 0.29) is 29.7 Å². The Bertz CT molecular complexity index is 622. The summed E-state index contributed by atoms with van der Waals surface area (Å²) >= 11 is 0. The number of hydrogen-bond acceptors (Lipinski definition) is 3. The maximum absolute atomic E-state index is 12.7. The summed E-state index contributed by atoms with van der Waals surface area (Å²) in [7, 11) is 0. The molecule has 1 aliphatic heterocycles. The summed E-state index contributed by atoms with van der Waals surface area (Å²) in [4.78, 5) is 42.0. The highest BCUT2D eigenvalue weighted by Crippen LogP contribution is 2.26. The van der Waals surface area contributed by atoms with Gasteiger partial charge >= 0.3 is 0 Å². The number of carbonyl (C=O) groups is 3. The summed E-state index contributed by atoms with van der Waals surface area (Å²) < 4.78 is 0. The minimum absolute atomic E-state index is 0.0630. The quantitative estimate of drug-likeness (QED) is 0.743. The van der Waals surface area contributed by atoms with Crippen molar-refractivity contribution in [2.75, 3.05) is 13.1 Å². The lowest BCUT2D eigenvalue weighted by Crippen LogP contribution is -2.46. The Morgan fingerprint density at radius 2 is 2.00 bits per heavy atom. The monoisotopic (exact) mass is 346 g/mol. The first kappa shape index (κ1) is 17.5. The molecule has 2 fully saturated rings. The molecule has 1 aromatic heterocycles. The predicted octanol–water partition coefficient (Wildman–Crippen LogP) is 1.04. The van der Waals surface area contributed by atoms with Gasteiger partial charge in [0, 0.05) is 37.4 Å². The van der Waals surface area contributed by atoms with E-state index < -0.39 is 6.04 Å². The van der Waals surface area contributed by atoms with Crippen molar-refractivity contribution in [2.45, 2.75) is 51.1 Å². The molecule has 3 rings (SSSR count). The van der Waals surface area contributed by atoms with Crippen molar-refractivity contribution in [1.82, 2.24) is 20.5 Å². The highest BCUT2D eigenvalue weighted by molar-refractivity contribution is 5.98. The number of amides is 3. The van der Waals surface area contributed by atoms with Crippen molar-refractivity contribution >= 4 is 17.7 Å². The van der Waals surface area contributed by atoms with E-state index in [9.17, 15) is 14.4 Å². The maximum atomic E-state index is 12.7. The highest BCUT2D eigenvalue weighted by Gasteiger charge is 2.41. The fraction of sp³-hybridized carbons (Fsp3) is 0.611. The Morgan fingerprint density at radius 1 is 1.24 bits per heavy atom. The van der Waals surface area contributed by atoms with Crippen LogP contribution in [-0.4, -0.2) is 52.8 Å². The minimum atomic E-state index is -0.545. The zero-order chi connectivity index (χ0) is 17.8. The molecule has 1 aromatic rings. The molecule has 2 aliphatic rings. The van der Waals surface area contributed by atoms with Gasteiger partial charge in [-0.25, -0.2) is 0 Å². The normalized spacial score (nSPS) is 23.6. The first-order chi connectivity index (χ1) is 12.1. The Labute approximate surface area is 147 Å². The van der Waals surface area contributed by atoms with Gasteiger partial charge in [0.05, 0.1) is 5.56 Å². The molecule has 2 heterocycles.